The molecule has 10 aromatic carbocycles. The average molecular weight is 780 g/mol. The number of oxazole rings is 1. The van der Waals surface area contributed by atoms with Gasteiger partial charge in [-0.05, 0) is 105 Å². The molecule has 0 spiro atoms. The van der Waals surface area contributed by atoms with Crippen molar-refractivity contribution >= 4 is 71.5 Å². The molecule has 2 aromatic heterocycles. The van der Waals surface area contributed by atoms with Crippen LogP contribution in [0.5, 0.6) is 0 Å². The summed E-state index contributed by atoms with van der Waals surface area (Å²) in [5, 5.41) is 7.29. The zero-order chi connectivity index (χ0) is 40.3. The third-order valence-electron chi connectivity index (χ3n) is 12.0. The van der Waals surface area contributed by atoms with E-state index in [1.54, 1.807) is 0 Å². The Balaban J connectivity index is 1.09. The summed E-state index contributed by atoms with van der Waals surface area (Å²) >= 11 is 0. The van der Waals surface area contributed by atoms with Crippen LogP contribution in [0.4, 0.5) is 17.1 Å². The van der Waals surface area contributed by atoms with E-state index in [9.17, 15) is 0 Å². The van der Waals surface area contributed by atoms with Gasteiger partial charge in [0.2, 0.25) is 5.89 Å². The molecule has 0 saturated heterocycles. The van der Waals surface area contributed by atoms with Crippen LogP contribution in [0, 0.1) is 0 Å². The highest BCUT2D eigenvalue weighted by atomic mass is 16.3. The van der Waals surface area contributed by atoms with Gasteiger partial charge in [0.15, 0.2) is 5.58 Å². The van der Waals surface area contributed by atoms with E-state index in [4.69, 9.17) is 9.40 Å². The summed E-state index contributed by atoms with van der Waals surface area (Å²) in [4.78, 5) is 7.30. The quantitative estimate of drug-likeness (QED) is 0.162. The SMILES string of the molecule is c1ccc(-c2cccc(N(c3ccc4c5ccc6ccccc6c5n(-c5ccc(-c6ccc7ccccc7c6)cc5)c4c3)c3cccc4nc(-c5ccccc5)oc34)c2)cc1. The predicted octanol–water partition coefficient (Wildman–Crippen LogP) is 15.7. The van der Waals surface area contributed by atoms with E-state index in [-0.39, 0.29) is 0 Å². The Morgan fingerprint density at radius 1 is 0.393 bits per heavy atom. The third-order valence-corrected chi connectivity index (χ3v) is 12.0. The average Bonchev–Trinajstić information content (AvgIpc) is 3.93. The fraction of sp³-hybridized carbons (Fsp3) is 0. The maximum Gasteiger partial charge on any atom is 0.227 e. The molecule has 0 amide bonds. The highest BCUT2D eigenvalue weighted by Gasteiger charge is 2.23. The monoisotopic (exact) mass is 779 g/mol. The lowest BCUT2D eigenvalue weighted by Crippen LogP contribution is -2.10. The molecule has 0 bridgehead atoms. The Hall–Kier alpha value is -8.21. The molecule has 12 rings (SSSR count). The summed E-state index contributed by atoms with van der Waals surface area (Å²) in [6.45, 7) is 0. The van der Waals surface area contributed by atoms with Crippen LogP contribution in [0.1, 0.15) is 0 Å². The molecular formula is C57H37N3O. The second-order valence-corrected chi connectivity index (χ2v) is 15.6. The summed E-state index contributed by atoms with van der Waals surface area (Å²) in [5.74, 6) is 0.593. The summed E-state index contributed by atoms with van der Waals surface area (Å²) in [6, 6.07) is 80.0. The number of nitrogens with zero attached hydrogens (tertiary/aromatic N) is 3. The fourth-order valence-electron chi connectivity index (χ4n) is 9.04. The molecule has 12 aromatic rings. The molecule has 0 aliphatic rings. The largest absolute Gasteiger partial charge is 0.434 e. The zero-order valence-electron chi connectivity index (χ0n) is 33.1. The van der Waals surface area contributed by atoms with E-state index in [1.807, 2.05) is 36.4 Å². The van der Waals surface area contributed by atoms with Gasteiger partial charge in [0, 0.05) is 38.8 Å². The van der Waals surface area contributed by atoms with Crippen LogP contribution in [0.2, 0.25) is 0 Å². The molecule has 0 radical (unpaired) electrons. The topological polar surface area (TPSA) is 34.2 Å². The van der Waals surface area contributed by atoms with Crippen molar-refractivity contribution in [2.75, 3.05) is 4.90 Å². The minimum Gasteiger partial charge on any atom is -0.434 e. The standard InChI is InChI=1S/C57H37N3O/c1-3-13-38(14-4-1)44-20-11-21-47(36-44)59(53-24-12-23-52-56(53)61-57(58-52)42-17-5-2-6-18-42)48-32-34-50-51-33-29-41-16-9-10-22-49(41)55(51)60(54(50)37-48)46-30-27-40(28-31-46)45-26-25-39-15-7-8-19-43(39)35-45/h1-37H. The molecule has 0 aliphatic carbocycles. The van der Waals surface area contributed by atoms with Crippen LogP contribution in [0.15, 0.2) is 229 Å². The van der Waals surface area contributed by atoms with Crippen LogP contribution in [-0.4, -0.2) is 9.55 Å². The number of anilines is 3. The molecule has 61 heavy (non-hydrogen) atoms. The van der Waals surface area contributed by atoms with Gasteiger partial charge in [-0.15, -0.1) is 0 Å². The number of para-hydroxylation sites is 1. The Labute approximate surface area is 352 Å². The molecule has 0 N–H and O–H groups in total. The summed E-state index contributed by atoms with van der Waals surface area (Å²) in [6.07, 6.45) is 0. The van der Waals surface area contributed by atoms with Crippen molar-refractivity contribution in [2.45, 2.75) is 0 Å². The molecule has 0 aliphatic heterocycles. The summed E-state index contributed by atoms with van der Waals surface area (Å²) in [7, 11) is 0. The van der Waals surface area contributed by atoms with Crippen molar-refractivity contribution in [2.24, 2.45) is 0 Å². The molecule has 2 heterocycles. The molecule has 0 saturated carbocycles. The maximum absolute atomic E-state index is 6.71. The van der Waals surface area contributed by atoms with E-state index in [2.05, 4.69) is 198 Å². The van der Waals surface area contributed by atoms with Crippen LogP contribution in [0.25, 0.3) is 93.8 Å². The van der Waals surface area contributed by atoms with Crippen molar-refractivity contribution < 1.29 is 4.42 Å². The smallest absolute Gasteiger partial charge is 0.227 e. The van der Waals surface area contributed by atoms with E-state index in [0.29, 0.717) is 5.89 Å². The van der Waals surface area contributed by atoms with Crippen LogP contribution in [0.3, 0.4) is 0 Å². The second-order valence-electron chi connectivity index (χ2n) is 15.6. The highest BCUT2D eigenvalue weighted by molar-refractivity contribution is 6.19. The minimum absolute atomic E-state index is 0.593. The third kappa shape index (κ3) is 5.96. The number of fused-ring (bicyclic) bond motifs is 7. The van der Waals surface area contributed by atoms with Crippen LogP contribution >= 0.6 is 0 Å². The number of aromatic nitrogens is 2. The van der Waals surface area contributed by atoms with Crippen molar-refractivity contribution in [3.05, 3.63) is 224 Å². The Morgan fingerprint density at radius 3 is 1.85 bits per heavy atom. The number of rotatable bonds is 7. The molecule has 4 heteroatoms. The Morgan fingerprint density at radius 2 is 1.02 bits per heavy atom. The van der Waals surface area contributed by atoms with Crippen LogP contribution < -0.4 is 4.90 Å². The molecular weight excluding hydrogens is 743 g/mol. The van der Waals surface area contributed by atoms with Crippen molar-refractivity contribution in [1.82, 2.24) is 9.55 Å². The van der Waals surface area contributed by atoms with Gasteiger partial charge < -0.3 is 13.9 Å². The van der Waals surface area contributed by atoms with Crippen molar-refractivity contribution in [3.63, 3.8) is 0 Å². The Bertz CT molecular complexity index is 3590. The normalized spacial score (nSPS) is 11.6. The van der Waals surface area contributed by atoms with E-state index in [0.717, 1.165) is 56.1 Å². The van der Waals surface area contributed by atoms with Gasteiger partial charge in [-0.2, -0.15) is 0 Å². The fourth-order valence-corrected chi connectivity index (χ4v) is 9.04. The van der Waals surface area contributed by atoms with Gasteiger partial charge in [0.05, 0.1) is 16.7 Å². The Kier molecular flexibility index (Phi) is 8.13. The molecule has 286 valence electrons. The van der Waals surface area contributed by atoms with Gasteiger partial charge in [0.25, 0.3) is 0 Å². The highest BCUT2D eigenvalue weighted by Crippen LogP contribution is 2.44. The molecule has 0 unspecified atom stereocenters. The second kappa shape index (κ2) is 14.3. The van der Waals surface area contributed by atoms with Gasteiger partial charge in [-0.1, -0.05) is 158 Å². The van der Waals surface area contributed by atoms with Crippen LogP contribution in [-0.2, 0) is 0 Å². The number of benzene rings is 10. The molecule has 0 fully saturated rings. The first-order valence-corrected chi connectivity index (χ1v) is 20.7. The molecule has 0 atom stereocenters. The minimum atomic E-state index is 0.593. The van der Waals surface area contributed by atoms with Crippen molar-refractivity contribution in [3.8, 4) is 39.4 Å². The maximum atomic E-state index is 6.71. The number of hydrogen-bond donors (Lipinski definition) is 0. The summed E-state index contributed by atoms with van der Waals surface area (Å²) in [5.41, 5.74) is 13.4. The lowest BCUT2D eigenvalue weighted by molar-refractivity contribution is 0.620. The predicted molar refractivity (Wildman–Crippen MR) is 254 cm³/mol. The summed E-state index contributed by atoms with van der Waals surface area (Å²) < 4.78 is 9.16. The van der Waals surface area contributed by atoms with E-state index in [1.165, 1.54) is 49.0 Å². The molecule has 4 nitrogen and oxygen atoms in total. The number of hydrogen-bond acceptors (Lipinski definition) is 3. The first-order chi connectivity index (χ1) is 30.2. The van der Waals surface area contributed by atoms with Gasteiger partial charge >= 0.3 is 0 Å². The van der Waals surface area contributed by atoms with Crippen molar-refractivity contribution in [1.29, 1.82) is 0 Å². The zero-order valence-corrected chi connectivity index (χ0v) is 33.1. The first kappa shape index (κ1) is 34.8. The van der Waals surface area contributed by atoms with Gasteiger partial charge in [-0.3, -0.25) is 0 Å². The lowest BCUT2D eigenvalue weighted by Gasteiger charge is -2.26. The van der Waals surface area contributed by atoms with E-state index >= 15 is 0 Å². The first-order valence-electron chi connectivity index (χ1n) is 20.7. The lowest BCUT2D eigenvalue weighted by atomic mass is 10.0. The van der Waals surface area contributed by atoms with Gasteiger partial charge in [0.1, 0.15) is 5.52 Å². The van der Waals surface area contributed by atoms with E-state index < -0.39 is 0 Å². The van der Waals surface area contributed by atoms with Gasteiger partial charge in [-0.25, -0.2) is 4.98 Å².